The number of esters is 1. The molecule has 2 aromatic heterocycles. The SMILES string of the molecule is COc1cc(/C=N/Nc2ccc(Cl)nn2)ccc1OC(=O)c1cccs1. The lowest BCUT2D eigenvalue weighted by atomic mass is 10.2. The van der Waals surface area contributed by atoms with Crippen LogP contribution in [0.3, 0.4) is 0 Å². The number of nitrogens with zero attached hydrogens (tertiary/aromatic N) is 3. The molecule has 1 aromatic carbocycles. The summed E-state index contributed by atoms with van der Waals surface area (Å²) in [5.74, 6) is 0.784. The van der Waals surface area contributed by atoms with Gasteiger partial charge in [-0.3, -0.25) is 5.43 Å². The topological polar surface area (TPSA) is 85.7 Å². The molecule has 0 aliphatic heterocycles. The van der Waals surface area contributed by atoms with Gasteiger partial charge in [-0.1, -0.05) is 17.7 Å². The van der Waals surface area contributed by atoms with Crippen LogP contribution in [0, 0.1) is 0 Å². The van der Waals surface area contributed by atoms with Crippen LogP contribution in [0.2, 0.25) is 5.15 Å². The molecule has 0 spiro atoms. The van der Waals surface area contributed by atoms with Crippen LogP contribution in [0.25, 0.3) is 0 Å². The van der Waals surface area contributed by atoms with E-state index >= 15 is 0 Å². The molecule has 0 fully saturated rings. The van der Waals surface area contributed by atoms with Crippen molar-refractivity contribution in [3.8, 4) is 11.5 Å². The highest BCUT2D eigenvalue weighted by Crippen LogP contribution is 2.28. The summed E-state index contributed by atoms with van der Waals surface area (Å²) >= 11 is 6.98. The average Bonchev–Trinajstić information content (AvgIpc) is 3.19. The fraction of sp³-hybridized carbons (Fsp3) is 0.0588. The van der Waals surface area contributed by atoms with Gasteiger partial charge in [-0.05, 0) is 47.3 Å². The molecule has 0 aliphatic rings. The maximum atomic E-state index is 12.1. The summed E-state index contributed by atoms with van der Waals surface area (Å²) in [6, 6.07) is 11.8. The lowest BCUT2D eigenvalue weighted by molar-refractivity contribution is 0.0735. The van der Waals surface area contributed by atoms with Crippen molar-refractivity contribution in [3.05, 3.63) is 63.4 Å². The van der Waals surface area contributed by atoms with Gasteiger partial charge in [0.1, 0.15) is 4.88 Å². The van der Waals surface area contributed by atoms with Gasteiger partial charge in [-0.2, -0.15) is 5.10 Å². The molecule has 3 aromatic rings. The van der Waals surface area contributed by atoms with Crippen LogP contribution in [-0.4, -0.2) is 29.5 Å². The van der Waals surface area contributed by atoms with Crippen molar-refractivity contribution in [2.45, 2.75) is 0 Å². The molecule has 7 nitrogen and oxygen atoms in total. The highest BCUT2D eigenvalue weighted by atomic mass is 35.5. The van der Waals surface area contributed by atoms with Crippen LogP contribution < -0.4 is 14.9 Å². The van der Waals surface area contributed by atoms with Gasteiger partial charge < -0.3 is 9.47 Å². The Labute approximate surface area is 158 Å². The zero-order valence-corrected chi connectivity index (χ0v) is 15.1. The van der Waals surface area contributed by atoms with Gasteiger partial charge in [0.2, 0.25) is 0 Å². The van der Waals surface area contributed by atoms with E-state index < -0.39 is 5.97 Å². The number of carbonyl (C=O) groups excluding carboxylic acids is 1. The second kappa shape index (κ2) is 8.41. The minimum Gasteiger partial charge on any atom is -0.493 e. The van der Waals surface area contributed by atoms with E-state index in [4.69, 9.17) is 21.1 Å². The summed E-state index contributed by atoms with van der Waals surface area (Å²) in [6.07, 6.45) is 1.57. The van der Waals surface area contributed by atoms with Crippen molar-refractivity contribution in [1.29, 1.82) is 0 Å². The number of nitrogens with one attached hydrogen (secondary N) is 1. The van der Waals surface area contributed by atoms with Crippen LogP contribution in [0.1, 0.15) is 15.2 Å². The molecule has 2 heterocycles. The number of rotatable bonds is 6. The molecular weight excluding hydrogens is 376 g/mol. The van der Waals surface area contributed by atoms with E-state index in [1.807, 2.05) is 5.38 Å². The Hall–Kier alpha value is -2.97. The molecule has 0 bridgehead atoms. The molecule has 1 N–H and O–H groups in total. The number of aromatic nitrogens is 2. The Morgan fingerprint density at radius 2 is 2.12 bits per heavy atom. The highest BCUT2D eigenvalue weighted by molar-refractivity contribution is 7.12. The summed E-state index contributed by atoms with van der Waals surface area (Å²) in [6.45, 7) is 0. The molecule has 0 unspecified atom stereocenters. The Balaban J connectivity index is 1.68. The molecule has 0 amide bonds. The van der Waals surface area contributed by atoms with Crippen molar-refractivity contribution in [2.24, 2.45) is 5.10 Å². The van der Waals surface area contributed by atoms with Crippen molar-refractivity contribution < 1.29 is 14.3 Å². The monoisotopic (exact) mass is 388 g/mol. The maximum absolute atomic E-state index is 12.1. The number of hydrogen-bond donors (Lipinski definition) is 1. The number of hydrogen-bond acceptors (Lipinski definition) is 8. The Bertz CT molecular complexity index is 914. The third-order valence-corrected chi connectivity index (χ3v) is 4.19. The summed E-state index contributed by atoms with van der Waals surface area (Å²) in [5, 5.41) is 13.7. The van der Waals surface area contributed by atoms with E-state index in [1.165, 1.54) is 18.4 Å². The van der Waals surface area contributed by atoms with Crippen LogP contribution in [0.5, 0.6) is 11.5 Å². The first-order chi connectivity index (χ1) is 12.7. The first kappa shape index (κ1) is 17.8. The van der Waals surface area contributed by atoms with Gasteiger partial charge in [0.15, 0.2) is 22.5 Å². The predicted molar refractivity (Wildman–Crippen MR) is 101 cm³/mol. The zero-order valence-electron chi connectivity index (χ0n) is 13.5. The second-order valence-electron chi connectivity index (χ2n) is 4.89. The van der Waals surface area contributed by atoms with Gasteiger partial charge in [-0.25, -0.2) is 4.79 Å². The van der Waals surface area contributed by atoms with Crippen molar-refractivity contribution >= 4 is 40.9 Å². The highest BCUT2D eigenvalue weighted by Gasteiger charge is 2.13. The fourth-order valence-corrected chi connectivity index (χ4v) is 2.64. The van der Waals surface area contributed by atoms with E-state index in [-0.39, 0.29) is 0 Å². The van der Waals surface area contributed by atoms with Gasteiger partial charge in [-0.15, -0.1) is 21.5 Å². The smallest absolute Gasteiger partial charge is 0.353 e. The second-order valence-corrected chi connectivity index (χ2v) is 6.22. The van der Waals surface area contributed by atoms with E-state index in [0.717, 1.165) is 5.56 Å². The number of hydrazone groups is 1. The predicted octanol–water partition coefficient (Wildman–Crippen LogP) is 3.87. The number of anilines is 1. The van der Waals surface area contributed by atoms with Crippen molar-refractivity contribution in [2.75, 3.05) is 12.5 Å². The van der Waals surface area contributed by atoms with Crippen molar-refractivity contribution in [3.63, 3.8) is 0 Å². The minimum absolute atomic E-state index is 0.303. The average molecular weight is 389 g/mol. The number of thiophene rings is 1. The quantitative estimate of drug-likeness (QED) is 0.298. The first-order valence-electron chi connectivity index (χ1n) is 7.38. The number of benzene rings is 1. The third kappa shape index (κ3) is 4.56. The summed E-state index contributed by atoms with van der Waals surface area (Å²) < 4.78 is 10.7. The molecule has 0 radical (unpaired) electrons. The van der Waals surface area contributed by atoms with Crippen LogP contribution in [0.15, 0.2) is 52.9 Å². The lowest BCUT2D eigenvalue weighted by Crippen LogP contribution is -2.07. The number of carbonyl (C=O) groups is 1. The number of ether oxygens (including phenoxy) is 2. The van der Waals surface area contributed by atoms with E-state index in [1.54, 1.807) is 48.7 Å². The third-order valence-electron chi connectivity index (χ3n) is 3.14. The van der Waals surface area contributed by atoms with E-state index in [9.17, 15) is 4.79 Å². The first-order valence-corrected chi connectivity index (χ1v) is 8.63. The number of methoxy groups -OCH3 is 1. The maximum Gasteiger partial charge on any atom is 0.353 e. The molecule has 0 saturated heterocycles. The molecule has 0 aliphatic carbocycles. The van der Waals surface area contributed by atoms with Crippen LogP contribution in [-0.2, 0) is 0 Å². The summed E-state index contributed by atoms with van der Waals surface area (Å²) in [7, 11) is 1.50. The molecule has 26 heavy (non-hydrogen) atoms. The Kier molecular flexibility index (Phi) is 5.77. The summed E-state index contributed by atoms with van der Waals surface area (Å²) in [4.78, 5) is 12.6. The Morgan fingerprint density at radius 1 is 1.23 bits per heavy atom. The summed E-state index contributed by atoms with van der Waals surface area (Å²) in [5.41, 5.74) is 3.48. The van der Waals surface area contributed by atoms with Gasteiger partial charge >= 0.3 is 5.97 Å². The molecule has 0 atom stereocenters. The van der Waals surface area contributed by atoms with Crippen LogP contribution in [0.4, 0.5) is 5.82 Å². The molecule has 3 rings (SSSR count). The zero-order chi connectivity index (χ0) is 18.4. The molecule has 9 heteroatoms. The van der Waals surface area contributed by atoms with Gasteiger partial charge in [0, 0.05) is 0 Å². The lowest BCUT2D eigenvalue weighted by Gasteiger charge is -2.09. The Morgan fingerprint density at radius 3 is 2.81 bits per heavy atom. The van der Waals surface area contributed by atoms with E-state index in [2.05, 4.69) is 20.7 Å². The van der Waals surface area contributed by atoms with Gasteiger partial charge in [0.25, 0.3) is 0 Å². The standard InChI is InChI=1S/C17H13ClN4O3S/c1-24-13-9-11(10-19-21-16-7-6-15(18)20-22-16)4-5-12(13)25-17(23)14-3-2-8-26-14/h2-10H,1H3,(H,21,22)/b19-10+. The van der Waals surface area contributed by atoms with Crippen molar-refractivity contribution in [1.82, 2.24) is 10.2 Å². The normalized spacial score (nSPS) is 10.7. The largest absolute Gasteiger partial charge is 0.493 e. The molecule has 0 saturated carbocycles. The molecule has 132 valence electrons. The molecular formula is C17H13ClN4O3S. The number of halogens is 1. The van der Waals surface area contributed by atoms with Gasteiger partial charge in [0.05, 0.1) is 13.3 Å². The van der Waals surface area contributed by atoms with E-state index in [0.29, 0.717) is 27.3 Å². The fourth-order valence-electron chi connectivity index (χ4n) is 1.94. The van der Waals surface area contributed by atoms with Crippen LogP contribution >= 0.6 is 22.9 Å². The minimum atomic E-state index is -0.428.